The first-order chi connectivity index (χ1) is 11.1. The van der Waals surface area contributed by atoms with Gasteiger partial charge in [-0.15, -0.1) is 0 Å². The molecule has 1 aromatic heterocycles. The van der Waals surface area contributed by atoms with Crippen molar-refractivity contribution >= 4 is 11.8 Å². The molecule has 0 unspecified atom stereocenters. The fourth-order valence-electron chi connectivity index (χ4n) is 2.09. The van der Waals surface area contributed by atoms with Gasteiger partial charge in [-0.3, -0.25) is 14.6 Å². The lowest BCUT2D eigenvalue weighted by molar-refractivity contribution is -0.145. The Morgan fingerprint density at radius 2 is 1.70 bits per heavy atom. The van der Waals surface area contributed by atoms with E-state index in [1.807, 2.05) is 43.3 Å². The van der Waals surface area contributed by atoms with Crippen molar-refractivity contribution in [1.82, 2.24) is 15.2 Å². The van der Waals surface area contributed by atoms with Crippen LogP contribution in [-0.2, 0) is 22.6 Å². The third-order valence-corrected chi connectivity index (χ3v) is 3.60. The van der Waals surface area contributed by atoms with Crippen molar-refractivity contribution in [3.63, 3.8) is 0 Å². The Hall–Kier alpha value is -2.69. The predicted octanol–water partition coefficient (Wildman–Crippen LogP) is 1.71. The van der Waals surface area contributed by atoms with Crippen LogP contribution in [0.2, 0.25) is 0 Å². The summed E-state index contributed by atoms with van der Waals surface area (Å²) >= 11 is 0. The number of aromatic nitrogens is 1. The summed E-state index contributed by atoms with van der Waals surface area (Å²) in [5.41, 5.74) is 3.21. The van der Waals surface area contributed by atoms with Gasteiger partial charge in [0.15, 0.2) is 0 Å². The number of carbonyl (C=O) groups excluding carboxylic acids is 2. The molecule has 1 heterocycles. The SMILES string of the molecule is Cc1ccc(CNC(=O)C(=O)N(C)CCc2ccncc2)cc1. The smallest absolute Gasteiger partial charge is 0.311 e. The van der Waals surface area contributed by atoms with E-state index >= 15 is 0 Å². The van der Waals surface area contributed by atoms with Crippen molar-refractivity contribution in [3.05, 3.63) is 65.5 Å². The van der Waals surface area contributed by atoms with Gasteiger partial charge < -0.3 is 10.2 Å². The van der Waals surface area contributed by atoms with E-state index in [2.05, 4.69) is 10.3 Å². The van der Waals surface area contributed by atoms with Crippen LogP contribution in [0.15, 0.2) is 48.8 Å². The van der Waals surface area contributed by atoms with Gasteiger partial charge in [-0.05, 0) is 36.6 Å². The normalized spacial score (nSPS) is 10.2. The van der Waals surface area contributed by atoms with Crippen LogP contribution >= 0.6 is 0 Å². The Bertz CT molecular complexity index is 654. The summed E-state index contributed by atoms with van der Waals surface area (Å²) in [6.45, 7) is 2.84. The zero-order chi connectivity index (χ0) is 16.7. The molecule has 0 aliphatic carbocycles. The number of nitrogens with zero attached hydrogens (tertiary/aromatic N) is 2. The molecule has 0 spiro atoms. The van der Waals surface area contributed by atoms with E-state index in [1.54, 1.807) is 19.4 Å². The summed E-state index contributed by atoms with van der Waals surface area (Å²) < 4.78 is 0. The lowest BCUT2D eigenvalue weighted by Crippen LogP contribution is -2.41. The molecule has 0 radical (unpaired) electrons. The second-order valence-corrected chi connectivity index (χ2v) is 5.50. The van der Waals surface area contributed by atoms with Crippen LogP contribution in [0, 0.1) is 6.92 Å². The lowest BCUT2D eigenvalue weighted by atomic mass is 10.1. The van der Waals surface area contributed by atoms with Crippen molar-refractivity contribution in [2.75, 3.05) is 13.6 Å². The average Bonchev–Trinajstić information content (AvgIpc) is 2.59. The molecule has 0 fully saturated rings. The van der Waals surface area contributed by atoms with Crippen molar-refractivity contribution in [3.8, 4) is 0 Å². The van der Waals surface area contributed by atoms with E-state index in [4.69, 9.17) is 0 Å². The van der Waals surface area contributed by atoms with E-state index in [1.165, 1.54) is 4.90 Å². The number of nitrogens with one attached hydrogen (secondary N) is 1. The summed E-state index contributed by atoms with van der Waals surface area (Å²) in [7, 11) is 1.63. The van der Waals surface area contributed by atoms with Crippen LogP contribution in [0.4, 0.5) is 0 Å². The molecule has 0 bridgehead atoms. The van der Waals surface area contributed by atoms with Gasteiger partial charge in [0.05, 0.1) is 0 Å². The monoisotopic (exact) mass is 311 g/mol. The number of pyridine rings is 1. The summed E-state index contributed by atoms with van der Waals surface area (Å²) in [4.78, 5) is 29.4. The molecule has 2 amide bonds. The highest BCUT2D eigenvalue weighted by Gasteiger charge is 2.17. The van der Waals surface area contributed by atoms with Crippen LogP contribution in [-0.4, -0.2) is 35.3 Å². The van der Waals surface area contributed by atoms with Gasteiger partial charge in [0.2, 0.25) is 0 Å². The topological polar surface area (TPSA) is 62.3 Å². The molecule has 0 aliphatic heterocycles. The van der Waals surface area contributed by atoms with E-state index < -0.39 is 11.8 Å². The van der Waals surface area contributed by atoms with Crippen LogP contribution in [0.1, 0.15) is 16.7 Å². The number of aryl methyl sites for hydroxylation is 1. The van der Waals surface area contributed by atoms with E-state index in [0.717, 1.165) is 16.7 Å². The molecule has 5 nitrogen and oxygen atoms in total. The Morgan fingerprint density at radius 3 is 2.35 bits per heavy atom. The van der Waals surface area contributed by atoms with Gasteiger partial charge in [-0.25, -0.2) is 0 Å². The molecule has 2 aromatic rings. The first-order valence-corrected chi connectivity index (χ1v) is 7.54. The maximum absolute atomic E-state index is 12.0. The average molecular weight is 311 g/mol. The number of likely N-dealkylation sites (N-methyl/N-ethyl adjacent to an activating group) is 1. The number of hydrogen-bond acceptors (Lipinski definition) is 3. The number of carbonyl (C=O) groups is 2. The second-order valence-electron chi connectivity index (χ2n) is 5.50. The predicted molar refractivity (Wildman–Crippen MR) is 88.6 cm³/mol. The lowest BCUT2D eigenvalue weighted by Gasteiger charge is -2.16. The number of amides is 2. The summed E-state index contributed by atoms with van der Waals surface area (Å²) in [6, 6.07) is 11.6. The van der Waals surface area contributed by atoms with Crippen molar-refractivity contribution in [2.24, 2.45) is 0 Å². The van der Waals surface area contributed by atoms with Gasteiger partial charge in [0.1, 0.15) is 0 Å². The van der Waals surface area contributed by atoms with Crippen LogP contribution in [0.25, 0.3) is 0 Å². The molecule has 0 saturated carbocycles. The summed E-state index contributed by atoms with van der Waals surface area (Å²) in [5.74, 6) is -1.10. The number of hydrogen-bond donors (Lipinski definition) is 1. The maximum Gasteiger partial charge on any atom is 0.311 e. The summed E-state index contributed by atoms with van der Waals surface area (Å²) in [6.07, 6.45) is 4.12. The molecule has 0 aliphatic rings. The minimum atomic E-state index is -0.581. The highest BCUT2D eigenvalue weighted by atomic mass is 16.2. The standard InChI is InChI=1S/C18H21N3O2/c1-14-3-5-16(6-4-14)13-20-17(22)18(23)21(2)12-9-15-7-10-19-11-8-15/h3-8,10-11H,9,12-13H2,1-2H3,(H,20,22). The highest BCUT2D eigenvalue weighted by Crippen LogP contribution is 2.03. The quantitative estimate of drug-likeness (QED) is 0.855. The molecular formula is C18H21N3O2. The molecule has 0 saturated heterocycles. The first kappa shape index (κ1) is 16.7. The Balaban J connectivity index is 1.79. The molecule has 5 heteroatoms. The van der Waals surface area contributed by atoms with Gasteiger partial charge >= 0.3 is 11.8 Å². The molecule has 23 heavy (non-hydrogen) atoms. The fourth-order valence-corrected chi connectivity index (χ4v) is 2.09. The van der Waals surface area contributed by atoms with Crippen LogP contribution < -0.4 is 5.32 Å². The van der Waals surface area contributed by atoms with Gasteiger partial charge in [0, 0.05) is 32.5 Å². The second kappa shape index (κ2) is 8.08. The maximum atomic E-state index is 12.0. The number of rotatable bonds is 5. The zero-order valence-electron chi connectivity index (χ0n) is 13.5. The number of benzene rings is 1. The van der Waals surface area contributed by atoms with Crippen LogP contribution in [0.5, 0.6) is 0 Å². The van der Waals surface area contributed by atoms with Gasteiger partial charge in [-0.2, -0.15) is 0 Å². The van der Waals surface area contributed by atoms with E-state index in [9.17, 15) is 9.59 Å². The fraction of sp³-hybridized carbons (Fsp3) is 0.278. The Kier molecular flexibility index (Phi) is 5.86. The first-order valence-electron chi connectivity index (χ1n) is 7.54. The van der Waals surface area contributed by atoms with Crippen molar-refractivity contribution < 1.29 is 9.59 Å². The largest absolute Gasteiger partial charge is 0.344 e. The van der Waals surface area contributed by atoms with Gasteiger partial charge in [-0.1, -0.05) is 29.8 Å². The van der Waals surface area contributed by atoms with E-state index in [0.29, 0.717) is 19.5 Å². The Morgan fingerprint density at radius 1 is 1.04 bits per heavy atom. The molecule has 1 aromatic carbocycles. The zero-order valence-corrected chi connectivity index (χ0v) is 13.5. The van der Waals surface area contributed by atoms with E-state index in [-0.39, 0.29) is 0 Å². The van der Waals surface area contributed by atoms with Crippen molar-refractivity contribution in [1.29, 1.82) is 0 Å². The molecule has 2 rings (SSSR count). The third-order valence-electron chi connectivity index (χ3n) is 3.60. The Labute approximate surface area is 136 Å². The minimum Gasteiger partial charge on any atom is -0.344 e. The van der Waals surface area contributed by atoms with Crippen molar-refractivity contribution in [2.45, 2.75) is 19.9 Å². The van der Waals surface area contributed by atoms with Gasteiger partial charge in [0.25, 0.3) is 0 Å². The van der Waals surface area contributed by atoms with Crippen LogP contribution in [0.3, 0.4) is 0 Å². The molecule has 0 atom stereocenters. The summed E-state index contributed by atoms with van der Waals surface area (Å²) in [5, 5.41) is 2.66. The molecular weight excluding hydrogens is 290 g/mol. The molecule has 120 valence electrons. The third kappa shape index (κ3) is 5.21. The molecule has 1 N–H and O–H groups in total. The minimum absolute atomic E-state index is 0.350. The highest BCUT2D eigenvalue weighted by molar-refractivity contribution is 6.34.